The van der Waals surface area contributed by atoms with E-state index in [2.05, 4.69) is 16.0 Å². The molecule has 0 radical (unpaired) electrons. The van der Waals surface area contributed by atoms with E-state index in [4.69, 9.17) is 0 Å². The Labute approximate surface area is 157 Å². The predicted molar refractivity (Wildman–Crippen MR) is 109 cm³/mol. The number of anilines is 3. The van der Waals surface area contributed by atoms with Crippen molar-refractivity contribution in [1.29, 1.82) is 0 Å². The molecule has 5 nitrogen and oxygen atoms in total. The lowest BCUT2D eigenvalue weighted by Crippen LogP contribution is -2.16. The molecule has 1 aliphatic rings. The maximum atomic E-state index is 10.7. The summed E-state index contributed by atoms with van der Waals surface area (Å²) in [7, 11) is 0. The summed E-state index contributed by atoms with van der Waals surface area (Å²) in [6, 6.07) is 25.1. The van der Waals surface area contributed by atoms with E-state index in [-0.39, 0.29) is 0 Å². The number of nitrogens with one attached hydrogen (secondary N) is 3. The third kappa shape index (κ3) is 3.41. The lowest BCUT2D eigenvalue weighted by molar-refractivity contribution is -0.105. The number of amides is 1. The van der Waals surface area contributed by atoms with Gasteiger partial charge in [0.1, 0.15) is 0 Å². The highest BCUT2D eigenvalue weighted by molar-refractivity contribution is 6.03. The average molecular weight is 357 g/mol. The van der Waals surface area contributed by atoms with Gasteiger partial charge in [-0.25, -0.2) is 0 Å². The molecule has 0 saturated carbocycles. The molecule has 1 amide bonds. The molecule has 0 fully saturated rings. The van der Waals surface area contributed by atoms with Crippen LogP contribution < -0.4 is 16.0 Å². The van der Waals surface area contributed by atoms with Gasteiger partial charge in [-0.15, -0.1) is 0 Å². The molecular formula is C22H19N3O2. The molecule has 0 spiro atoms. The monoisotopic (exact) mass is 357 g/mol. The van der Waals surface area contributed by atoms with Crippen molar-refractivity contribution >= 4 is 34.7 Å². The summed E-state index contributed by atoms with van der Waals surface area (Å²) in [4.78, 5) is 10.7. The molecule has 1 heterocycles. The summed E-state index contributed by atoms with van der Waals surface area (Å²) in [6.07, 6.45) is -0.169. The summed E-state index contributed by atoms with van der Waals surface area (Å²) >= 11 is 0. The fourth-order valence-electron chi connectivity index (χ4n) is 3.28. The van der Waals surface area contributed by atoms with Gasteiger partial charge in [-0.2, -0.15) is 0 Å². The summed E-state index contributed by atoms with van der Waals surface area (Å²) in [6.45, 7) is 0. The van der Waals surface area contributed by atoms with Gasteiger partial charge < -0.3 is 21.1 Å². The number of hydrogen-bond acceptors (Lipinski definition) is 4. The Balaban J connectivity index is 1.84. The van der Waals surface area contributed by atoms with Crippen LogP contribution in [0.1, 0.15) is 11.1 Å². The summed E-state index contributed by atoms with van der Waals surface area (Å²) in [5, 5.41) is 19.9. The van der Waals surface area contributed by atoms with Gasteiger partial charge in [0.15, 0.2) is 6.23 Å². The zero-order valence-corrected chi connectivity index (χ0v) is 14.5. The van der Waals surface area contributed by atoms with Gasteiger partial charge in [-0.3, -0.25) is 4.79 Å². The number of rotatable bonds is 5. The first-order valence-corrected chi connectivity index (χ1v) is 8.67. The van der Waals surface area contributed by atoms with Crippen LogP contribution in [0.25, 0.3) is 11.3 Å². The number of hydrogen-bond donors (Lipinski definition) is 4. The van der Waals surface area contributed by atoms with Crippen LogP contribution in [-0.4, -0.2) is 17.7 Å². The molecule has 0 aromatic heterocycles. The van der Waals surface area contributed by atoms with Crippen LogP contribution >= 0.6 is 0 Å². The number of benzene rings is 3. The third-order valence-corrected chi connectivity index (χ3v) is 4.47. The zero-order chi connectivity index (χ0) is 18.6. The van der Waals surface area contributed by atoms with E-state index in [1.807, 2.05) is 78.9 Å². The first kappa shape index (κ1) is 16.9. The Morgan fingerprint density at radius 2 is 1.67 bits per heavy atom. The Morgan fingerprint density at radius 3 is 2.48 bits per heavy atom. The van der Waals surface area contributed by atoms with Crippen LogP contribution in [-0.2, 0) is 4.79 Å². The van der Waals surface area contributed by atoms with Gasteiger partial charge in [0.05, 0.1) is 5.70 Å². The molecule has 5 heteroatoms. The smallest absolute Gasteiger partial charge is 0.211 e. The van der Waals surface area contributed by atoms with Gasteiger partial charge in [0, 0.05) is 28.2 Å². The van der Waals surface area contributed by atoms with Gasteiger partial charge in [-0.05, 0) is 29.8 Å². The van der Waals surface area contributed by atoms with Gasteiger partial charge in [-0.1, -0.05) is 54.6 Å². The molecule has 0 saturated heterocycles. The van der Waals surface area contributed by atoms with Crippen molar-refractivity contribution in [2.45, 2.75) is 6.23 Å². The Bertz CT molecular complexity index is 999. The quantitative estimate of drug-likeness (QED) is 0.521. The van der Waals surface area contributed by atoms with Crippen LogP contribution in [0, 0.1) is 0 Å². The van der Waals surface area contributed by atoms with Crippen molar-refractivity contribution in [3.05, 3.63) is 90.0 Å². The Morgan fingerprint density at radius 1 is 0.926 bits per heavy atom. The molecular weight excluding hydrogens is 338 g/mol. The minimum absolute atomic E-state index is 0.649. The van der Waals surface area contributed by atoms with E-state index in [0.717, 1.165) is 33.8 Å². The molecule has 0 bridgehead atoms. The fourth-order valence-corrected chi connectivity index (χ4v) is 3.28. The number of aliphatic hydroxyl groups excluding tert-OH is 1. The number of para-hydroxylation sites is 1. The zero-order valence-electron chi connectivity index (χ0n) is 14.5. The van der Waals surface area contributed by atoms with E-state index in [0.29, 0.717) is 12.1 Å². The predicted octanol–water partition coefficient (Wildman–Crippen LogP) is 3.98. The third-order valence-electron chi connectivity index (χ3n) is 4.47. The summed E-state index contributed by atoms with van der Waals surface area (Å²) < 4.78 is 0. The standard InChI is InChI=1S/C22H19N3O2/c26-14-23-16-9-6-10-17(13-16)24-21(15-7-2-1-3-8-15)20-18-11-4-5-12-19(18)25-22(20)27/h1-14,22,24-25,27H,(H,23,26)/b21-20-. The molecule has 1 atom stereocenters. The fraction of sp³-hybridized carbons (Fsp3) is 0.0455. The van der Waals surface area contributed by atoms with Crippen LogP contribution in [0.5, 0.6) is 0 Å². The lowest BCUT2D eigenvalue weighted by atomic mass is 9.99. The summed E-state index contributed by atoms with van der Waals surface area (Å²) in [5.41, 5.74) is 5.90. The van der Waals surface area contributed by atoms with Crippen LogP contribution in [0.15, 0.2) is 78.9 Å². The normalized spacial score (nSPS) is 16.9. The first-order valence-electron chi connectivity index (χ1n) is 8.67. The van der Waals surface area contributed by atoms with Crippen LogP contribution in [0.2, 0.25) is 0 Å². The minimum Gasteiger partial charge on any atom is -0.369 e. The molecule has 27 heavy (non-hydrogen) atoms. The number of aliphatic hydroxyl groups is 1. The summed E-state index contributed by atoms with van der Waals surface area (Å²) in [5.74, 6) is 0. The SMILES string of the molecule is O=CNc1cccc(N/C(=C2/c3ccccc3NC2O)c2ccccc2)c1. The molecule has 4 rings (SSSR count). The molecule has 1 unspecified atom stereocenters. The maximum absolute atomic E-state index is 10.7. The maximum Gasteiger partial charge on any atom is 0.211 e. The van der Waals surface area contributed by atoms with Crippen molar-refractivity contribution in [3.8, 4) is 0 Å². The van der Waals surface area contributed by atoms with Gasteiger partial charge in [0.25, 0.3) is 0 Å². The lowest BCUT2D eigenvalue weighted by Gasteiger charge is -2.18. The second kappa shape index (κ2) is 7.35. The van der Waals surface area contributed by atoms with E-state index in [1.54, 1.807) is 0 Å². The molecule has 1 aliphatic heterocycles. The van der Waals surface area contributed by atoms with Crippen LogP contribution in [0.4, 0.5) is 17.1 Å². The molecule has 0 aliphatic carbocycles. The molecule has 134 valence electrons. The van der Waals surface area contributed by atoms with Crippen molar-refractivity contribution in [3.63, 3.8) is 0 Å². The molecule has 3 aromatic carbocycles. The Hall–Kier alpha value is -3.57. The number of carbonyl (C=O) groups is 1. The topological polar surface area (TPSA) is 73.4 Å². The molecule has 4 N–H and O–H groups in total. The van der Waals surface area contributed by atoms with Gasteiger partial charge in [0.2, 0.25) is 6.41 Å². The highest BCUT2D eigenvalue weighted by Gasteiger charge is 2.28. The second-order valence-corrected chi connectivity index (χ2v) is 6.22. The minimum atomic E-state index is -0.818. The molecule has 3 aromatic rings. The largest absolute Gasteiger partial charge is 0.369 e. The van der Waals surface area contributed by atoms with E-state index < -0.39 is 6.23 Å². The number of fused-ring (bicyclic) bond motifs is 1. The van der Waals surface area contributed by atoms with Gasteiger partial charge >= 0.3 is 0 Å². The van der Waals surface area contributed by atoms with Crippen molar-refractivity contribution in [2.75, 3.05) is 16.0 Å². The first-order chi connectivity index (χ1) is 13.3. The number of carbonyl (C=O) groups excluding carboxylic acids is 1. The average Bonchev–Trinajstić information content (AvgIpc) is 3.03. The van der Waals surface area contributed by atoms with E-state index in [1.165, 1.54) is 0 Å². The van der Waals surface area contributed by atoms with Crippen molar-refractivity contribution < 1.29 is 9.90 Å². The van der Waals surface area contributed by atoms with E-state index >= 15 is 0 Å². The van der Waals surface area contributed by atoms with Crippen molar-refractivity contribution in [1.82, 2.24) is 0 Å². The van der Waals surface area contributed by atoms with Crippen LogP contribution in [0.3, 0.4) is 0 Å². The second-order valence-electron chi connectivity index (χ2n) is 6.22. The Kier molecular flexibility index (Phi) is 4.60. The highest BCUT2D eigenvalue weighted by atomic mass is 16.3. The highest BCUT2D eigenvalue weighted by Crippen LogP contribution is 2.39. The van der Waals surface area contributed by atoms with E-state index in [9.17, 15) is 9.90 Å². The van der Waals surface area contributed by atoms with Crippen molar-refractivity contribution in [2.24, 2.45) is 0 Å².